The van der Waals surface area contributed by atoms with Gasteiger partial charge in [-0.05, 0) is 190 Å². The SMILES string of the molecule is [2H]C([2H])(c1cc(C)[n+](C)c(-c2c(C)cc(C)c3c2oc2cc([N+]#[C-])ccc23)c1)C(C)C.[2H]C([2H])(c1cc(C)[n+](C)c(-c2c(C)ccc3c2oc2c(C)c([N+]#[C-])ccc23)c1)C(C)C.[2H]C([2H])(c1cc(C)[n+](C)c(-c2c(C)ccc3c2oc2cc([N+]#[C-])c(C)cc23)c1)C(C)C.[2H]C([2H])(c1cc(C)[n+](C)c(-c2c(C)ccc3c2oc2cc([N+]#[C-])cc(C)c23)c1)C(C)C. The molecule has 0 radical (unpaired) electrons. The third-order valence-corrected chi connectivity index (χ3v) is 22.2. The number of pyridine rings is 4. The topological polar surface area (TPSA) is 85.5 Å². The number of nitrogens with zero attached hydrogens (tertiary/aromatic N) is 8. The average Bonchev–Trinajstić information content (AvgIpc) is 1.59. The normalized spacial score (nSPS) is 13.0. The largest absolute Gasteiger partial charge is 0.456 e. The first-order valence-corrected chi connectivity index (χ1v) is 39.7. The molecule has 16 aromatic rings. The fourth-order valence-corrected chi connectivity index (χ4v) is 16.2. The van der Waals surface area contributed by atoms with E-state index in [1.54, 1.807) is 12.1 Å². The molecule has 0 saturated heterocycles. The molecule has 116 heavy (non-hydrogen) atoms. The van der Waals surface area contributed by atoms with Crippen LogP contribution in [0.2, 0.25) is 0 Å². The Balaban J connectivity index is 0.000000142. The average molecular weight is 1540 g/mol. The number of aromatic nitrogens is 4. The second kappa shape index (κ2) is 32.8. The maximum absolute atomic E-state index is 8.64. The van der Waals surface area contributed by atoms with E-state index < -0.39 is 25.5 Å². The zero-order valence-electron chi connectivity index (χ0n) is 79.4. The van der Waals surface area contributed by atoms with E-state index in [9.17, 15) is 0 Å². The van der Waals surface area contributed by atoms with Crippen molar-refractivity contribution in [2.45, 2.75) is 164 Å². The predicted molar refractivity (Wildman–Crippen MR) is 477 cm³/mol. The second-order valence-electron chi connectivity index (χ2n) is 32.4. The summed E-state index contributed by atoms with van der Waals surface area (Å²) in [5, 5.41) is 8.08. The molecule has 8 heterocycles. The fourth-order valence-electron chi connectivity index (χ4n) is 16.2. The van der Waals surface area contributed by atoms with Crippen molar-refractivity contribution in [1.82, 2.24) is 0 Å². The lowest BCUT2D eigenvalue weighted by atomic mass is 9.94. The number of benzene rings is 8. The van der Waals surface area contributed by atoms with Gasteiger partial charge in [0.05, 0.1) is 48.5 Å². The summed E-state index contributed by atoms with van der Waals surface area (Å²) in [4.78, 5) is 14.3. The monoisotopic (exact) mass is 1540 g/mol. The van der Waals surface area contributed by atoms with Gasteiger partial charge in [0.25, 0.3) is 0 Å². The van der Waals surface area contributed by atoms with Gasteiger partial charge in [-0.25, -0.2) is 19.4 Å². The summed E-state index contributed by atoms with van der Waals surface area (Å²) in [7, 11) is 8.01. The van der Waals surface area contributed by atoms with Gasteiger partial charge in [0.2, 0.25) is 22.8 Å². The van der Waals surface area contributed by atoms with Gasteiger partial charge in [-0.15, -0.1) is 0 Å². The van der Waals surface area contributed by atoms with Crippen LogP contribution in [0.15, 0.2) is 163 Å². The number of fused-ring (bicyclic) bond motifs is 12. The Hall–Kier alpha value is -12.5. The highest BCUT2D eigenvalue weighted by Crippen LogP contribution is 2.46. The smallest absolute Gasteiger partial charge is 0.216 e. The summed E-state index contributed by atoms with van der Waals surface area (Å²) in [6.45, 7) is 69.0. The zero-order chi connectivity index (χ0) is 90.6. The molecule has 0 saturated carbocycles. The molecule has 16 rings (SSSR count). The molecule has 12 nitrogen and oxygen atoms in total. The summed E-state index contributed by atoms with van der Waals surface area (Å²) in [6.07, 6.45) is -5.76. The molecule has 12 heteroatoms. The second-order valence-corrected chi connectivity index (χ2v) is 32.4. The molecule has 0 unspecified atom stereocenters. The van der Waals surface area contributed by atoms with Crippen LogP contribution in [0.25, 0.3) is 152 Å². The summed E-state index contributed by atoms with van der Waals surface area (Å²) < 4.78 is 103. The number of aryl methyl sites for hydroxylation is 12. The van der Waals surface area contributed by atoms with E-state index in [0.717, 1.165) is 183 Å². The summed E-state index contributed by atoms with van der Waals surface area (Å²) in [5.41, 5.74) is 30.6. The van der Waals surface area contributed by atoms with Gasteiger partial charge in [0.15, 0.2) is 45.5 Å². The van der Waals surface area contributed by atoms with Crippen molar-refractivity contribution in [3.8, 4) is 45.0 Å². The first-order chi connectivity index (χ1) is 58.2. The highest BCUT2D eigenvalue weighted by molar-refractivity contribution is 6.15. The van der Waals surface area contributed by atoms with Crippen LogP contribution in [-0.4, -0.2) is 0 Å². The minimum absolute atomic E-state index is 0.148. The molecular weight excluding hydrogens is 1430 g/mol. The molecule has 0 spiro atoms. The molecule has 0 aliphatic carbocycles. The van der Waals surface area contributed by atoms with Crippen molar-refractivity contribution in [1.29, 1.82) is 0 Å². The van der Waals surface area contributed by atoms with Crippen molar-refractivity contribution in [2.24, 2.45) is 51.9 Å². The maximum Gasteiger partial charge on any atom is 0.216 e. The van der Waals surface area contributed by atoms with Crippen LogP contribution in [-0.2, 0) is 53.7 Å². The molecule has 0 amide bonds. The van der Waals surface area contributed by atoms with Crippen LogP contribution in [0.5, 0.6) is 0 Å². The Morgan fingerprint density at radius 2 is 0.655 bits per heavy atom. The Morgan fingerprint density at radius 3 is 1.10 bits per heavy atom. The summed E-state index contributed by atoms with van der Waals surface area (Å²) in [6, 6.07) is 47.1. The zero-order valence-corrected chi connectivity index (χ0v) is 71.4. The lowest BCUT2D eigenvalue weighted by molar-refractivity contribution is -0.666. The molecule has 0 aliphatic heterocycles. The van der Waals surface area contributed by atoms with Gasteiger partial charge in [-0.1, -0.05) is 134 Å². The van der Waals surface area contributed by atoms with Crippen LogP contribution in [0.4, 0.5) is 22.7 Å². The fraction of sp³-hybridized carbons (Fsp3) is 0.308. The number of hydrogen-bond acceptors (Lipinski definition) is 4. The maximum atomic E-state index is 8.64. The molecular formula is C104H108N8O4+4. The standard InChI is InChI=1S/4C26H27N2O/c1-15(2)10-19-12-18(5)28(7)22(13-19)25-17(4)11-16(3)24-21-9-8-20(27-6)14-23(21)29-26(24)25;1-15(2)10-19-12-18(5)28(7)22(13-19)25-16(3)8-9-21-24-17(4)11-20(27-6)14-23(24)29-26(21)25;1-15(2)10-19-12-18(5)28(7)23(13-19)25-16(3)8-9-20-21-11-17(4)22(27-6)14-24(21)29-26(20)25;1-15(2)12-19-13-17(4)28(7)23(14-19)24-16(3)8-9-21-20-10-11-22(27-6)18(5)25(20)29-26(21)24/h3*8-9,11-15H,10H2,1-5,7H3;8-11,13-15H,12H2,1-5,7H3/q4*+1/i3*10D2;12D2. The lowest BCUT2D eigenvalue weighted by Gasteiger charge is -2.12. The van der Waals surface area contributed by atoms with Crippen molar-refractivity contribution in [3.63, 3.8) is 0 Å². The van der Waals surface area contributed by atoms with Gasteiger partial charge in [0.1, 0.15) is 72.9 Å². The number of furan rings is 4. The Bertz CT molecular complexity index is 7170. The van der Waals surface area contributed by atoms with Crippen molar-refractivity contribution in [3.05, 3.63) is 281 Å². The Labute approximate surface area is 695 Å². The van der Waals surface area contributed by atoms with Crippen LogP contribution in [0.1, 0.15) is 156 Å². The lowest BCUT2D eigenvalue weighted by Crippen LogP contribution is -2.35. The third kappa shape index (κ3) is 15.6. The highest BCUT2D eigenvalue weighted by atomic mass is 16.3. The van der Waals surface area contributed by atoms with Crippen molar-refractivity contribution < 1.29 is 46.9 Å². The van der Waals surface area contributed by atoms with E-state index in [4.69, 9.17) is 54.9 Å². The van der Waals surface area contributed by atoms with E-state index >= 15 is 0 Å². The first-order valence-electron chi connectivity index (χ1n) is 43.7. The van der Waals surface area contributed by atoms with Crippen LogP contribution in [0.3, 0.4) is 0 Å². The predicted octanol–water partition coefficient (Wildman–Crippen LogP) is 27.0. The molecule has 0 fully saturated rings. The van der Waals surface area contributed by atoms with Gasteiger partial charge < -0.3 is 17.7 Å². The van der Waals surface area contributed by atoms with E-state index in [2.05, 4.69) is 115 Å². The van der Waals surface area contributed by atoms with Crippen molar-refractivity contribution >= 4 is 111 Å². The van der Waals surface area contributed by atoms with Crippen molar-refractivity contribution in [2.75, 3.05) is 0 Å². The van der Waals surface area contributed by atoms with E-state index in [1.165, 1.54) is 0 Å². The van der Waals surface area contributed by atoms with Gasteiger partial charge in [-0.3, -0.25) is 0 Å². The third-order valence-electron chi connectivity index (χ3n) is 22.2. The quantitative estimate of drug-likeness (QED) is 0.0901. The summed E-state index contributed by atoms with van der Waals surface area (Å²) in [5.74, 6) is -0.592. The minimum Gasteiger partial charge on any atom is -0.456 e. The number of hydrogen-bond donors (Lipinski definition) is 0. The highest BCUT2D eigenvalue weighted by Gasteiger charge is 2.30. The van der Waals surface area contributed by atoms with E-state index in [0.29, 0.717) is 61.8 Å². The molecule has 8 aromatic heterocycles. The molecule has 0 bridgehead atoms. The van der Waals surface area contributed by atoms with Crippen LogP contribution < -0.4 is 18.3 Å². The van der Waals surface area contributed by atoms with E-state index in [1.807, 2.05) is 223 Å². The van der Waals surface area contributed by atoms with Crippen LogP contribution >= 0.6 is 0 Å². The molecule has 584 valence electrons. The number of rotatable bonds is 12. The van der Waals surface area contributed by atoms with Gasteiger partial charge in [-0.2, -0.15) is 18.3 Å². The first kappa shape index (κ1) is 71.3. The molecule has 0 aliphatic rings. The van der Waals surface area contributed by atoms with Gasteiger partial charge >= 0.3 is 0 Å². The molecule has 0 atom stereocenters. The minimum atomic E-state index is -1.44. The van der Waals surface area contributed by atoms with E-state index in [-0.39, 0.29) is 23.7 Å². The molecule has 8 aromatic carbocycles. The Morgan fingerprint density at radius 1 is 0.293 bits per heavy atom. The van der Waals surface area contributed by atoms with Crippen LogP contribution in [0, 0.1) is 133 Å². The Kier molecular flexibility index (Phi) is 20.2. The van der Waals surface area contributed by atoms with Gasteiger partial charge in [0, 0.05) is 130 Å². The molecule has 0 N–H and O–H groups in total. The summed E-state index contributed by atoms with van der Waals surface area (Å²) >= 11 is 0.